The molecule has 17 nitrogen and oxygen atoms in total. The first-order valence-corrected chi connectivity index (χ1v) is 15.5. The Morgan fingerprint density at radius 2 is 1.28 bits per heavy atom. The molecular formula is C23H14N6O11S3. The monoisotopic (exact) mass is 646 g/mol. The van der Waals surface area contributed by atoms with Gasteiger partial charge in [-0.05, 0) is 18.2 Å². The predicted octanol–water partition coefficient (Wildman–Crippen LogP) is -1.06. The van der Waals surface area contributed by atoms with Crippen LogP contribution in [0.1, 0.15) is 0 Å². The second-order valence-corrected chi connectivity index (χ2v) is 12.7. The number of nitriles is 2. The number of rotatable bonds is 7. The molecule has 0 saturated carbocycles. The number of anilines is 1. The van der Waals surface area contributed by atoms with Crippen molar-refractivity contribution in [1.29, 1.82) is 15.9 Å². The Morgan fingerprint density at radius 1 is 0.767 bits per heavy atom. The van der Waals surface area contributed by atoms with Crippen LogP contribution in [0.5, 0.6) is 0 Å². The molecule has 0 spiro atoms. The van der Waals surface area contributed by atoms with Gasteiger partial charge in [0.2, 0.25) is 0 Å². The molecule has 2 aliphatic carbocycles. The van der Waals surface area contributed by atoms with Gasteiger partial charge in [-0.25, -0.2) is 10.4 Å². The minimum Gasteiger partial charge on any atom is -0.318 e. The zero-order chi connectivity index (χ0) is 32.1. The number of hydrogen-bond donors (Lipinski definition) is 6. The smallest absolute Gasteiger partial charge is 0.296 e. The predicted molar refractivity (Wildman–Crippen MR) is 143 cm³/mol. The number of hydrogen-bond acceptors (Lipinski definition) is 14. The van der Waals surface area contributed by atoms with Crippen molar-refractivity contribution in [3.63, 3.8) is 0 Å². The first-order valence-electron chi connectivity index (χ1n) is 11.1. The van der Waals surface area contributed by atoms with Gasteiger partial charge in [0.15, 0.2) is 16.9 Å². The van der Waals surface area contributed by atoms with Crippen LogP contribution in [0.3, 0.4) is 0 Å². The second kappa shape index (κ2) is 10.7. The highest BCUT2D eigenvalue weighted by atomic mass is 32.2. The normalized spacial score (nSPS) is 12.8. The summed E-state index contributed by atoms with van der Waals surface area (Å²) in [6.07, 6.45) is 0. The van der Waals surface area contributed by atoms with Crippen LogP contribution < -0.4 is 32.4 Å². The molecule has 220 valence electrons. The average molecular weight is 647 g/mol. The van der Waals surface area contributed by atoms with Crippen LogP contribution in [-0.2, 0) is 30.4 Å². The summed E-state index contributed by atoms with van der Waals surface area (Å²) < 4.78 is 103. The van der Waals surface area contributed by atoms with Gasteiger partial charge in [0.05, 0.1) is 44.7 Å². The van der Waals surface area contributed by atoms with E-state index in [-0.39, 0.29) is 10.8 Å². The SMILES string of the molecule is N#CC(C#N)NNc1cc(S(=O)(=O)O)c(N=c2cc(S(=O)(=O)O)c(=N)c3c(=O)c4ccccc4c(=O)c2=3)cc1S(=O)(=O)O. The minimum atomic E-state index is -5.35. The lowest BCUT2D eigenvalue weighted by atomic mass is 10.0. The van der Waals surface area contributed by atoms with Crippen molar-refractivity contribution >= 4 is 52.5 Å². The van der Waals surface area contributed by atoms with E-state index in [0.717, 1.165) is 0 Å². The van der Waals surface area contributed by atoms with E-state index in [1.54, 1.807) is 0 Å². The quantitative estimate of drug-likeness (QED) is 0.103. The van der Waals surface area contributed by atoms with E-state index in [2.05, 4.69) is 4.99 Å². The molecule has 2 aliphatic rings. The van der Waals surface area contributed by atoms with E-state index in [1.165, 1.54) is 36.4 Å². The maximum absolute atomic E-state index is 13.5. The van der Waals surface area contributed by atoms with Crippen molar-refractivity contribution in [2.75, 3.05) is 5.43 Å². The summed E-state index contributed by atoms with van der Waals surface area (Å²) in [6, 6.07) is 7.74. The molecular weight excluding hydrogens is 632 g/mol. The van der Waals surface area contributed by atoms with Gasteiger partial charge in [0.1, 0.15) is 14.7 Å². The zero-order valence-corrected chi connectivity index (χ0v) is 23.2. The van der Waals surface area contributed by atoms with Gasteiger partial charge in [-0.3, -0.25) is 28.7 Å². The van der Waals surface area contributed by atoms with E-state index in [0.29, 0.717) is 18.2 Å². The van der Waals surface area contributed by atoms with Crippen molar-refractivity contribution in [1.82, 2.24) is 5.43 Å². The number of fused-ring (bicyclic) bond motifs is 1. The Balaban J connectivity index is 2.29. The Morgan fingerprint density at radius 3 is 1.77 bits per heavy atom. The molecule has 0 amide bonds. The van der Waals surface area contributed by atoms with Crippen LogP contribution in [0.4, 0.5) is 11.4 Å². The molecule has 0 saturated heterocycles. The average Bonchev–Trinajstić information content (AvgIpc) is 2.91. The van der Waals surface area contributed by atoms with Crippen molar-refractivity contribution in [3.05, 3.63) is 84.1 Å². The topological polar surface area (TPSA) is 305 Å². The summed E-state index contributed by atoms with van der Waals surface area (Å²) in [4.78, 5) is 27.0. The highest BCUT2D eigenvalue weighted by molar-refractivity contribution is 7.86. The van der Waals surface area contributed by atoms with E-state index < -0.39 is 94.5 Å². The first-order chi connectivity index (χ1) is 19.9. The molecule has 0 aliphatic heterocycles. The molecule has 0 fully saturated rings. The lowest BCUT2D eigenvalue weighted by Gasteiger charge is -2.14. The van der Waals surface area contributed by atoms with Gasteiger partial charge >= 0.3 is 0 Å². The molecule has 0 atom stereocenters. The van der Waals surface area contributed by atoms with Crippen molar-refractivity contribution < 1.29 is 38.9 Å². The molecule has 0 heterocycles. The molecule has 0 radical (unpaired) electrons. The second-order valence-electron chi connectivity index (χ2n) is 8.54. The third kappa shape index (κ3) is 5.75. The summed E-state index contributed by atoms with van der Waals surface area (Å²) in [7, 11) is -15.9. The van der Waals surface area contributed by atoms with E-state index in [4.69, 9.17) is 15.9 Å². The fourth-order valence-electron chi connectivity index (χ4n) is 4.07. The fraction of sp³-hybridized carbons (Fsp3) is 0.0435. The van der Waals surface area contributed by atoms with Crippen LogP contribution in [0.15, 0.2) is 71.7 Å². The Hall–Kier alpha value is -4.93. The number of hydrazine groups is 1. The maximum Gasteiger partial charge on any atom is 0.296 e. The first kappa shape index (κ1) is 31.0. The molecule has 43 heavy (non-hydrogen) atoms. The molecule has 6 N–H and O–H groups in total. The van der Waals surface area contributed by atoms with Gasteiger partial charge in [-0.15, -0.1) is 0 Å². The highest BCUT2D eigenvalue weighted by Crippen LogP contribution is 2.33. The third-order valence-corrected chi connectivity index (χ3v) is 8.54. The fourth-order valence-corrected chi connectivity index (χ4v) is 5.97. The van der Waals surface area contributed by atoms with Crippen LogP contribution in [0.25, 0.3) is 10.8 Å². The van der Waals surface area contributed by atoms with E-state index in [9.17, 15) is 48.5 Å². The van der Waals surface area contributed by atoms with Crippen molar-refractivity contribution in [3.8, 4) is 12.1 Å². The summed E-state index contributed by atoms with van der Waals surface area (Å²) >= 11 is 0. The summed E-state index contributed by atoms with van der Waals surface area (Å²) in [5, 5.41) is 22.1. The lowest BCUT2D eigenvalue weighted by molar-refractivity contribution is 0.479. The molecule has 2 aromatic carbocycles. The van der Waals surface area contributed by atoms with Crippen molar-refractivity contribution in [2.24, 2.45) is 4.99 Å². The Bertz CT molecular complexity index is 2570. The lowest BCUT2D eigenvalue weighted by Crippen LogP contribution is -2.32. The number of benzene rings is 2. The Labute approximate surface area is 239 Å². The number of nitrogens with one attached hydrogen (secondary N) is 3. The minimum absolute atomic E-state index is 0.209. The largest absolute Gasteiger partial charge is 0.318 e. The number of nitrogens with zero attached hydrogens (tertiary/aromatic N) is 3. The highest BCUT2D eigenvalue weighted by Gasteiger charge is 2.26. The van der Waals surface area contributed by atoms with E-state index >= 15 is 0 Å². The van der Waals surface area contributed by atoms with Gasteiger partial charge in [-0.1, -0.05) is 24.3 Å². The standard InChI is InChI=1S/C23H14N6O11S3/c24-8-10(9-25)28-29-14-6-16(41(32,33)34)13(5-17(14)42(35,36)37)27-15-7-18(43(38,39)40)21(26)20-19(15)22(30)11-3-1-2-4-12(11)23(20)31/h1-7,10,26,28-29H,(H,32,33,34)(H,35,36,37)(H,38,39,40). The van der Waals surface area contributed by atoms with Gasteiger partial charge in [0, 0.05) is 10.8 Å². The van der Waals surface area contributed by atoms with Crippen LogP contribution in [0.2, 0.25) is 0 Å². The summed E-state index contributed by atoms with van der Waals surface area (Å²) in [5.41, 5.74) is 0.231. The van der Waals surface area contributed by atoms with Crippen LogP contribution in [-0.4, -0.2) is 45.0 Å². The third-order valence-electron chi connectivity index (χ3n) is 5.89. The van der Waals surface area contributed by atoms with Gasteiger partial charge in [0.25, 0.3) is 30.4 Å². The Kier molecular flexibility index (Phi) is 7.73. The van der Waals surface area contributed by atoms with E-state index in [1.807, 2.05) is 10.9 Å². The molecule has 0 bridgehead atoms. The molecule has 0 aromatic heterocycles. The maximum atomic E-state index is 13.5. The van der Waals surface area contributed by atoms with Gasteiger partial charge in [-0.2, -0.15) is 35.8 Å². The van der Waals surface area contributed by atoms with Crippen molar-refractivity contribution in [2.45, 2.75) is 20.7 Å². The molecule has 0 unspecified atom stereocenters. The summed E-state index contributed by atoms with van der Waals surface area (Å²) in [5.74, 6) is 0. The molecule has 4 rings (SSSR count). The molecule has 2 aromatic rings. The van der Waals surface area contributed by atoms with Crippen LogP contribution >= 0.6 is 0 Å². The van der Waals surface area contributed by atoms with Gasteiger partial charge < -0.3 is 5.43 Å². The summed E-state index contributed by atoms with van der Waals surface area (Å²) in [6.45, 7) is 0. The zero-order valence-electron chi connectivity index (χ0n) is 20.8. The van der Waals surface area contributed by atoms with Crippen LogP contribution in [0, 0.1) is 38.5 Å². The molecule has 20 heteroatoms.